The van der Waals surface area contributed by atoms with E-state index in [1.165, 1.54) is 24.3 Å². The molecule has 0 unspecified atom stereocenters. The molecule has 0 heterocycles. The predicted molar refractivity (Wildman–Crippen MR) is 141 cm³/mol. The van der Waals surface area contributed by atoms with Crippen molar-refractivity contribution in [3.63, 3.8) is 0 Å². The molecular weight excluding hydrogens is 490 g/mol. The van der Waals surface area contributed by atoms with Gasteiger partial charge in [0.25, 0.3) is 0 Å². The van der Waals surface area contributed by atoms with Gasteiger partial charge in [-0.3, -0.25) is 0 Å². The molecule has 37 heavy (non-hydrogen) atoms. The van der Waals surface area contributed by atoms with Gasteiger partial charge in [0.1, 0.15) is 12.4 Å². The van der Waals surface area contributed by atoms with Crippen molar-refractivity contribution in [3.8, 4) is 5.75 Å². The Morgan fingerprint density at radius 2 is 1.46 bits per heavy atom. The first kappa shape index (κ1) is 27.2. The number of benzene rings is 3. The fraction of sp³-hybridized carbons (Fsp3) is 0.103. The van der Waals surface area contributed by atoms with Crippen LogP contribution in [0.4, 0.5) is 0 Å². The summed E-state index contributed by atoms with van der Waals surface area (Å²) >= 11 is 0. The summed E-state index contributed by atoms with van der Waals surface area (Å²) in [5.74, 6) is -1.32. The summed E-state index contributed by atoms with van der Waals surface area (Å²) in [6.45, 7) is 4.26. The van der Waals surface area contributed by atoms with Crippen molar-refractivity contribution in [3.05, 3.63) is 132 Å². The van der Waals surface area contributed by atoms with Crippen molar-refractivity contribution in [2.75, 3.05) is 13.2 Å². The number of allylic oxidation sites excluding steroid dienone is 2. The Morgan fingerprint density at radius 3 is 2.08 bits per heavy atom. The molecule has 3 aromatic rings. The van der Waals surface area contributed by atoms with Crippen LogP contribution in [0.2, 0.25) is 0 Å². The Hall–Kier alpha value is -4.43. The maximum absolute atomic E-state index is 13.3. The van der Waals surface area contributed by atoms with E-state index in [9.17, 15) is 18.0 Å². The Kier molecular flexibility index (Phi) is 9.99. The lowest BCUT2D eigenvalue weighted by atomic mass is 10.2. The molecule has 0 fully saturated rings. The first-order valence-electron chi connectivity index (χ1n) is 11.4. The average molecular weight is 518 g/mol. The zero-order chi connectivity index (χ0) is 26.5. The molecule has 0 bridgehead atoms. The van der Waals surface area contributed by atoms with E-state index < -0.39 is 26.7 Å². The normalized spacial score (nSPS) is 11.6. The van der Waals surface area contributed by atoms with Crippen molar-refractivity contribution in [1.29, 1.82) is 0 Å². The largest absolute Gasteiger partial charge is 0.461 e. The van der Waals surface area contributed by atoms with Gasteiger partial charge in [-0.25, -0.2) is 18.0 Å². The van der Waals surface area contributed by atoms with Gasteiger partial charge in [0.2, 0.25) is 9.84 Å². The van der Waals surface area contributed by atoms with E-state index in [1.54, 1.807) is 54.7 Å². The van der Waals surface area contributed by atoms with Crippen molar-refractivity contribution in [1.82, 2.24) is 4.90 Å². The second kappa shape index (κ2) is 13.6. The van der Waals surface area contributed by atoms with Crippen LogP contribution in [0.1, 0.15) is 5.56 Å². The van der Waals surface area contributed by atoms with Crippen LogP contribution in [0.5, 0.6) is 5.75 Å². The van der Waals surface area contributed by atoms with E-state index in [0.717, 1.165) is 11.6 Å². The molecule has 0 aliphatic carbocycles. The SMILES string of the molecule is C=CC(=O)OCCN(/C=C/C=C(C(=O)Oc1ccccc1)S(=O)(=O)c1ccccc1)Cc1ccccc1. The van der Waals surface area contributed by atoms with E-state index >= 15 is 0 Å². The molecule has 3 rings (SSSR count). The molecule has 0 saturated heterocycles. The molecule has 7 nitrogen and oxygen atoms in total. The number of esters is 2. The summed E-state index contributed by atoms with van der Waals surface area (Å²) in [6.07, 6.45) is 5.38. The Balaban J connectivity index is 1.89. The fourth-order valence-corrected chi connectivity index (χ4v) is 4.53. The third-order valence-corrected chi connectivity index (χ3v) is 6.83. The van der Waals surface area contributed by atoms with E-state index in [-0.39, 0.29) is 17.3 Å². The minimum atomic E-state index is -4.17. The highest BCUT2D eigenvalue weighted by Gasteiger charge is 2.28. The minimum Gasteiger partial charge on any atom is -0.461 e. The summed E-state index contributed by atoms with van der Waals surface area (Å²) in [4.78, 5) is 25.7. The van der Waals surface area contributed by atoms with Crippen LogP contribution >= 0.6 is 0 Å². The quantitative estimate of drug-likeness (QED) is 0.149. The molecule has 0 saturated carbocycles. The first-order chi connectivity index (χ1) is 17.9. The zero-order valence-corrected chi connectivity index (χ0v) is 20.9. The number of carbonyl (C=O) groups excluding carboxylic acids is 2. The second-order valence-electron chi connectivity index (χ2n) is 7.72. The summed E-state index contributed by atoms with van der Waals surface area (Å²) < 4.78 is 37.1. The van der Waals surface area contributed by atoms with Gasteiger partial charge in [-0.15, -0.1) is 0 Å². The molecule has 190 valence electrons. The molecule has 0 spiro atoms. The van der Waals surface area contributed by atoms with Gasteiger partial charge in [0.05, 0.1) is 11.4 Å². The lowest BCUT2D eigenvalue weighted by Gasteiger charge is -2.20. The number of sulfone groups is 1. The maximum Gasteiger partial charge on any atom is 0.355 e. The Bertz CT molecular complexity index is 1350. The molecule has 0 aromatic heterocycles. The Labute approximate surface area is 216 Å². The maximum atomic E-state index is 13.3. The number of hydrogen-bond donors (Lipinski definition) is 0. The molecular formula is C29H27NO6S. The third-order valence-electron chi connectivity index (χ3n) is 5.06. The monoisotopic (exact) mass is 517 g/mol. The second-order valence-corrected chi connectivity index (χ2v) is 9.64. The zero-order valence-electron chi connectivity index (χ0n) is 20.1. The summed E-state index contributed by atoms with van der Waals surface area (Å²) in [5, 5.41) is 0. The van der Waals surface area contributed by atoms with Gasteiger partial charge < -0.3 is 14.4 Å². The van der Waals surface area contributed by atoms with Crippen LogP contribution in [0, 0.1) is 0 Å². The number of carbonyl (C=O) groups is 2. The summed E-state index contributed by atoms with van der Waals surface area (Å²) in [5.41, 5.74) is 0.992. The highest BCUT2D eigenvalue weighted by molar-refractivity contribution is 7.96. The van der Waals surface area contributed by atoms with Gasteiger partial charge in [-0.1, -0.05) is 73.3 Å². The lowest BCUT2D eigenvalue weighted by molar-refractivity contribution is -0.138. The predicted octanol–water partition coefficient (Wildman–Crippen LogP) is 4.69. The fourth-order valence-electron chi connectivity index (χ4n) is 3.24. The van der Waals surface area contributed by atoms with E-state index in [2.05, 4.69) is 6.58 Å². The van der Waals surface area contributed by atoms with Crippen LogP contribution in [-0.2, 0) is 30.7 Å². The third kappa shape index (κ3) is 8.33. The van der Waals surface area contributed by atoms with Crippen molar-refractivity contribution in [2.45, 2.75) is 11.4 Å². The van der Waals surface area contributed by atoms with Gasteiger partial charge in [-0.2, -0.15) is 0 Å². The molecule has 0 N–H and O–H groups in total. The highest BCUT2D eigenvalue weighted by atomic mass is 32.2. The van der Waals surface area contributed by atoms with Crippen molar-refractivity contribution in [2.24, 2.45) is 0 Å². The molecule has 0 radical (unpaired) electrons. The number of ether oxygens (including phenoxy) is 2. The first-order valence-corrected chi connectivity index (χ1v) is 12.9. The topological polar surface area (TPSA) is 90.0 Å². The number of hydrogen-bond acceptors (Lipinski definition) is 7. The van der Waals surface area contributed by atoms with Gasteiger partial charge in [0.15, 0.2) is 4.91 Å². The molecule has 0 amide bonds. The highest BCUT2D eigenvalue weighted by Crippen LogP contribution is 2.22. The summed E-state index contributed by atoms with van der Waals surface area (Å²) in [6, 6.07) is 25.5. The van der Waals surface area contributed by atoms with Crippen molar-refractivity contribution >= 4 is 21.8 Å². The Morgan fingerprint density at radius 1 is 0.865 bits per heavy atom. The van der Waals surface area contributed by atoms with Gasteiger partial charge in [0, 0.05) is 12.6 Å². The molecule has 3 aromatic carbocycles. The van der Waals surface area contributed by atoms with Gasteiger partial charge in [-0.05, 0) is 48.2 Å². The average Bonchev–Trinajstić information content (AvgIpc) is 2.92. The lowest BCUT2D eigenvalue weighted by Crippen LogP contribution is -2.23. The van der Waals surface area contributed by atoms with Crippen molar-refractivity contribution < 1.29 is 27.5 Å². The standard InChI is InChI=1S/C29H27NO6S/c1-2-28(31)35-22-21-30(23-24-13-6-3-7-14-24)20-12-19-27(29(32)36-25-15-8-4-9-16-25)37(33,34)26-17-10-5-11-18-26/h2-20H,1,21-23H2/b20-12+,27-19?. The molecule has 0 aliphatic heterocycles. The van der Waals surface area contributed by atoms with Crippen LogP contribution in [0.25, 0.3) is 0 Å². The van der Waals surface area contributed by atoms with Crippen LogP contribution in [0.3, 0.4) is 0 Å². The van der Waals surface area contributed by atoms with Gasteiger partial charge >= 0.3 is 11.9 Å². The number of para-hydroxylation sites is 1. The number of rotatable bonds is 12. The number of nitrogens with zero attached hydrogens (tertiary/aromatic N) is 1. The van der Waals surface area contributed by atoms with Crippen LogP contribution in [0.15, 0.2) is 132 Å². The van der Waals surface area contributed by atoms with E-state index in [4.69, 9.17) is 9.47 Å². The minimum absolute atomic E-state index is 0.0304. The molecule has 8 heteroatoms. The smallest absolute Gasteiger partial charge is 0.355 e. The van der Waals surface area contributed by atoms with Crippen LogP contribution in [-0.4, -0.2) is 38.4 Å². The van der Waals surface area contributed by atoms with Crippen LogP contribution < -0.4 is 4.74 Å². The van der Waals surface area contributed by atoms with E-state index in [0.29, 0.717) is 13.1 Å². The molecule has 0 aliphatic rings. The molecule has 0 atom stereocenters. The summed E-state index contributed by atoms with van der Waals surface area (Å²) in [7, 11) is -4.17. The van der Waals surface area contributed by atoms with E-state index in [1.807, 2.05) is 35.2 Å².